The van der Waals surface area contributed by atoms with Gasteiger partial charge in [0, 0.05) is 25.9 Å². The average Bonchev–Trinajstić information content (AvgIpc) is 3.17. The van der Waals surface area contributed by atoms with Crippen LogP contribution < -0.4 is 11.3 Å². The second-order valence-corrected chi connectivity index (χ2v) is 8.88. The minimum absolute atomic E-state index is 0.0207. The first-order valence-corrected chi connectivity index (χ1v) is 10.5. The fraction of sp³-hybridized carbons (Fsp3) is 0.421. The highest BCUT2D eigenvalue weighted by Gasteiger charge is 2.34. The van der Waals surface area contributed by atoms with Gasteiger partial charge in [0.2, 0.25) is 10.0 Å². The van der Waals surface area contributed by atoms with E-state index in [0.29, 0.717) is 24.9 Å². The Balaban J connectivity index is 1.53. The van der Waals surface area contributed by atoms with Gasteiger partial charge in [-0.25, -0.2) is 19.2 Å². The van der Waals surface area contributed by atoms with Gasteiger partial charge in [-0.3, -0.25) is 0 Å². The van der Waals surface area contributed by atoms with E-state index in [4.69, 9.17) is 10.6 Å². The highest BCUT2D eigenvalue weighted by molar-refractivity contribution is 7.89. The quantitative estimate of drug-likeness (QED) is 0.530. The molecule has 1 aliphatic carbocycles. The summed E-state index contributed by atoms with van der Waals surface area (Å²) in [5, 5.41) is 0. The number of pyridine rings is 1. The maximum atomic E-state index is 12.8. The lowest BCUT2D eigenvalue weighted by molar-refractivity contribution is 0.0873. The third kappa shape index (κ3) is 4.84. The summed E-state index contributed by atoms with van der Waals surface area (Å²) in [6, 6.07) is 13.1. The largest absolute Gasteiger partial charge is 0.376 e. The van der Waals surface area contributed by atoms with E-state index in [1.54, 1.807) is 13.1 Å². The number of nitrogens with two attached hydrogens (primary N) is 1. The second-order valence-electron chi connectivity index (χ2n) is 6.88. The van der Waals surface area contributed by atoms with Gasteiger partial charge in [0.05, 0.1) is 6.61 Å². The monoisotopic (exact) mass is 390 g/mol. The molecule has 1 aliphatic rings. The molecule has 1 aromatic carbocycles. The molecule has 0 amide bonds. The molecule has 1 aromatic heterocycles. The molecule has 1 saturated carbocycles. The van der Waals surface area contributed by atoms with Gasteiger partial charge in [-0.05, 0) is 42.9 Å². The van der Waals surface area contributed by atoms with Crippen molar-refractivity contribution < 1.29 is 13.2 Å². The number of sulfonamides is 1. The molecule has 7 nitrogen and oxygen atoms in total. The van der Waals surface area contributed by atoms with Crippen molar-refractivity contribution in [1.29, 1.82) is 0 Å². The van der Waals surface area contributed by atoms with Crippen molar-refractivity contribution >= 4 is 15.8 Å². The van der Waals surface area contributed by atoms with Crippen LogP contribution in [-0.2, 0) is 21.4 Å². The van der Waals surface area contributed by atoms with Gasteiger partial charge in [-0.2, -0.15) is 4.31 Å². The van der Waals surface area contributed by atoms with E-state index in [1.165, 1.54) is 16.6 Å². The summed E-state index contributed by atoms with van der Waals surface area (Å²) in [6.45, 7) is 1.24. The van der Waals surface area contributed by atoms with E-state index in [0.717, 1.165) is 24.8 Å². The topological polar surface area (TPSA) is 97.5 Å². The van der Waals surface area contributed by atoms with Gasteiger partial charge in [-0.1, -0.05) is 30.3 Å². The van der Waals surface area contributed by atoms with E-state index < -0.39 is 10.0 Å². The molecule has 1 fully saturated rings. The molecule has 2 atom stereocenters. The number of hydrogen-bond acceptors (Lipinski definition) is 6. The fourth-order valence-corrected chi connectivity index (χ4v) is 4.77. The first-order valence-electron chi connectivity index (χ1n) is 9.03. The van der Waals surface area contributed by atoms with Crippen LogP contribution >= 0.6 is 0 Å². The lowest BCUT2D eigenvalue weighted by Crippen LogP contribution is -2.35. The van der Waals surface area contributed by atoms with Crippen LogP contribution in [0.3, 0.4) is 0 Å². The minimum atomic E-state index is -3.57. The van der Waals surface area contributed by atoms with Gasteiger partial charge in [0.15, 0.2) is 0 Å². The Labute approximate surface area is 160 Å². The van der Waals surface area contributed by atoms with E-state index in [2.05, 4.69) is 10.4 Å². The van der Waals surface area contributed by atoms with Crippen molar-refractivity contribution in [3.8, 4) is 0 Å². The molecule has 0 aliphatic heterocycles. The van der Waals surface area contributed by atoms with Crippen molar-refractivity contribution in [1.82, 2.24) is 9.29 Å². The summed E-state index contributed by atoms with van der Waals surface area (Å²) in [5.74, 6) is 6.07. The Kier molecular flexibility index (Phi) is 6.43. The first kappa shape index (κ1) is 19.8. The number of hydrogen-bond donors (Lipinski definition) is 2. The van der Waals surface area contributed by atoms with Crippen LogP contribution in [0.4, 0.5) is 5.82 Å². The molecular weight excluding hydrogens is 364 g/mol. The number of hydrazine groups is 1. The molecule has 27 heavy (non-hydrogen) atoms. The van der Waals surface area contributed by atoms with Gasteiger partial charge >= 0.3 is 0 Å². The van der Waals surface area contributed by atoms with Crippen molar-refractivity contribution in [2.75, 3.05) is 19.1 Å². The SMILES string of the molecule is CN([C@@H]1CC[C@H](COCc2ccccc2)C1)S(=O)(=O)c1ccc(NN)nc1. The lowest BCUT2D eigenvalue weighted by Gasteiger charge is -2.24. The Hall–Kier alpha value is -2.00. The second kappa shape index (κ2) is 8.79. The summed E-state index contributed by atoms with van der Waals surface area (Å²) in [6.07, 6.45) is 3.94. The predicted molar refractivity (Wildman–Crippen MR) is 104 cm³/mol. The molecule has 146 valence electrons. The number of nitrogen functional groups attached to an aromatic ring is 1. The molecule has 3 rings (SSSR count). The lowest BCUT2D eigenvalue weighted by atomic mass is 10.1. The van der Waals surface area contributed by atoms with Crippen LogP contribution in [0.15, 0.2) is 53.6 Å². The minimum Gasteiger partial charge on any atom is -0.376 e. The highest BCUT2D eigenvalue weighted by atomic mass is 32.2. The number of nitrogens with zero attached hydrogens (tertiary/aromatic N) is 2. The maximum absolute atomic E-state index is 12.8. The van der Waals surface area contributed by atoms with Crippen molar-refractivity contribution in [3.05, 3.63) is 54.2 Å². The molecule has 0 spiro atoms. The fourth-order valence-electron chi connectivity index (χ4n) is 3.43. The normalized spacial score (nSPS) is 20.1. The molecular formula is C19H26N4O3S. The first-order chi connectivity index (χ1) is 13.0. The predicted octanol–water partition coefficient (Wildman–Crippen LogP) is 2.37. The number of nitrogens with one attached hydrogen (secondary N) is 1. The summed E-state index contributed by atoms with van der Waals surface area (Å²) < 4.78 is 33.0. The molecule has 0 saturated heterocycles. The van der Waals surface area contributed by atoms with Crippen LogP contribution in [0.25, 0.3) is 0 Å². The molecule has 0 unspecified atom stereocenters. The third-order valence-electron chi connectivity index (χ3n) is 5.05. The molecule has 2 aromatic rings. The zero-order valence-corrected chi connectivity index (χ0v) is 16.2. The summed E-state index contributed by atoms with van der Waals surface area (Å²) in [4.78, 5) is 4.17. The van der Waals surface area contributed by atoms with E-state index >= 15 is 0 Å². The number of anilines is 1. The van der Waals surface area contributed by atoms with Crippen LogP contribution in [0.2, 0.25) is 0 Å². The zero-order valence-electron chi connectivity index (χ0n) is 15.4. The Morgan fingerprint density at radius 2 is 2.00 bits per heavy atom. The molecule has 1 heterocycles. The van der Waals surface area contributed by atoms with Crippen molar-refractivity contribution in [3.63, 3.8) is 0 Å². The number of ether oxygens (including phenoxy) is 1. The smallest absolute Gasteiger partial charge is 0.244 e. The average molecular weight is 391 g/mol. The van der Waals surface area contributed by atoms with Crippen molar-refractivity contribution in [2.45, 2.75) is 36.8 Å². The number of benzene rings is 1. The van der Waals surface area contributed by atoms with Gasteiger partial charge in [-0.15, -0.1) is 0 Å². The third-order valence-corrected chi connectivity index (χ3v) is 6.95. The van der Waals surface area contributed by atoms with Crippen LogP contribution in [0.5, 0.6) is 0 Å². The standard InChI is InChI=1S/C19H26N4O3S/c1-23(27(24,25)18-9-10-19(22-20)21-12-18)17-8-7-16(11-17)14-26-13-15-5-3-2-4-6-15/h2-6,9-10,12,16-17H,7-8,11,13-14,20H2,1H3,(H,21,22)/t16-,17+/m0/s1. The Morgan fingerprint density at radius 3 is 2.67 bits per heavy atom. The van der Waals surface area contributed by atoms with E-state index in [-0.39, 0.29) is 10.9 Å². The summed E-state index contributed by atoms with van der Waals surface area (Å²) in [7, 11) is -1.93. The molecule has 8 heteroatoms. The molecule has 0 bridgehead atoms. The maximum Gasteiger partial charge on any atom is 0.244 e. The van der Waals surface area contributed by atoms with Gasteiger partial charge in [0.1, 0.15) is 10.7 Å². The van der Waals surface area contributed by atoms with Crippen LogP contribution in [0.1, 0.15) is 24.8 Å². The van der Waals surface area contributed by atoms with Crippen LogP contribution in [0, 0.1) is 5.92 Å². The van der Waals surface area contributed by atoms with Gasteiger partial charge < -0.3 is 10.2 Å². The van der Waals surface area contributed by atoms with Crippen LogP contribution in [-0.4, -0.2) is 37.4 Å². The van der Waals surface area contributed by atoms with Crippen molar-refractivity contribution in [2.24, 2.45) is 11.8 Å². The van der Waals surface area contributed by atoms with Gasteiger partial charge in [0.25, 0.3) is 0 Å². The highest BCUT2D eigenvalue weighted by Crippen LogP contribution is 2.32. The Bertz CT molecular complexity index is 828. The number of rotatable bonds is 8. The zero-order chi connectivity index (χ0) is 19.3. The number of aromatic nitrogens is 1. The van der Waals surface area contributed by atoms with E-state index in [9.17, 15) is 8.42 Å². The summed E-state index contributed by atoms with van der Waals surface area (Å²) >= 11 is 0. The molecule has 3 N–H and O–H groups in total. The van der Waals surface area contributed by atoms with E-state index in [1.807, 2.05) is 30.3 Å². The molecule has 0 radical (unpaired) electrons. The summed E-state index contributed by atoms with van der Waals surface area (Å²) in [5.41, 5.74) is 3.54. The Morgan fingerprint density at radius 1 is 1.22 bits per heavy atom.